The minimum absolute atomic E-state index is 0.0952. The summed E-state index contributed by atoms with van der Waals surface area (Å²) in [4.78, 5) is 27.9. The summed E-state index contributed by atoms with van der Waals surface area (Å²) in [6.07, 6.45) is 2.72. The van der Waals surface area contributed by atoms with Crippen LogP contribution in [-0.4, -0.2) is 68.8 Å². The van der Waals surface area contributed by atoms with Gasteiger partial charge < -0.3 is 15.0 Å². The van der Waals surface area contributed by atoms with Crippen LogP contribution < -0.4 is 5.32 Å². The van der Waals surface area contributed by atoms with E-state index in [1.54, 1.807) is 49.1 Å². The van der Waals surface area contributed by atoms with Gasteiger partial charge in [0.1, 0.15) is 0 Å². The summed E-state index contributed by atoms with van der Waals surface area (Å²) < 4.78 is 33.2. The molecule has 9 heteroatoms. The number of nitrogens with zero attached hydrogens (tertiary/aromatic N) is 2. The van der Waals surface area contributed by atoms with Crippen molar-refractivity contribution < 1.29 is 22.7 Å². The Labute approximate surface area is 200 Å². The van der Waals surface area contributed by atoms with Crippen LogP contribution in [0.5, 0.6) is 0 Å². The molecule has 2 aliphatic rings. The Kier molecular flexibility index (Phi) is 7.35. The van der Waals surface area contributed by atoms with Crippen LogP contribution in [0.1, 0.15) is 51.1 Å². The number of aryl methyl sites for hydroxylation is 1. The summed E-state index contributed by atoms with van der Waals surface area (Å²) in [5, 5.41) is 2.86. The SMILES string of the molecule is Cc1ccc(C(=O)Nc2cccc(C(=O)N3CCOCC3)c2C)cc1S(=O)(=O)N1CCCCC1. The molecule has 0 aliphatic carbocycles. The third kappa shape index (κ3) is 5.01. The molecule has 8 nitrogen and oxygen atoms in total. The third-order valence-corrected chi connectivity index (χ3v) is 8.53. The molecule has 2 fully saturated rings. The van der Waals surface area contributed by atoms with E-state index in [0.29, 0.717) is 61.8 Å². The average Bonchev–Trinajstić information content (AvgIpc) is 2.86. The molecule has 1 N–H and O–H groups in total. The van der Waals surface area contributed by atoms with Gasteiger partial charge in [-0.15, -0.1) is 0 Å². The van der Waals surface area contributed by atoms with Gasteiger partial charge in [0.2, 0.25) is 10.0 Å². The molecular weight excluding hydrogens is 454 g/mol. The number of hydrogen-bond donors (Lipinski definition) is 1. The molecule has 34 heavy (non-hydrogen) atoms. The first-order valence-corrected chi connectivity index (χ1v) is 13.1. The molecule has 2 aromatic carbocycles. The van der Waals surface area contributed by atoms with Crippen LogP contribution in [-0.2, 0) is 14.8 Å². The maximum absolute atomic E-state index is 13.2. The lowest BCUT2D eigenvalue weighted by Gasteiger charge is -2.27. The minimum atomic E-state index is -3.67. The van der Waals surface area contributed by atoms with Gasteiger partial charge in [-0.05, 0) is 62.1 Å². The van der Waals surface area contributed by atoms with Crippen LogP contribution in [0.2, 0.25) is 0 Å². The Bertz CT molecular complexity index is 1180. The fraction of sp³-hybridized carbons (Fsp3) is 0.440. The molecule has 2 aliphatic heterocycles. The number of amides is 2. The Morgan fingerprint density at radius 3 is 2.35 bits per heavy atom. The van der Waals surface area contributed by atoms with Crippen LogP contribution in [0.25, 0.3) is 0 Å². The fourth-order valence-electron chi connectivity index (χ4n) is 4.40. The number of nitrogens with one attached hydrogen (secondary N) is 1. The van der Waals surface area contributed by atoms with Crippen LogP contribution >= 0.6 is 0 Å². The predicted molar refractivity (Wildman–Crippen MR) is 130 cm³/mol. The highest BCUT2D eigenvalue weighted by atomic mass is 32.2. The number of hydrogen-bond acceptors (Lipinski definition) is 5. The molecule has 2 saturated heterocycles. The predicted octanol–water partition coefficient (Wildman–Crippen LogP) is 3.20. The van der Waals surface area contributed by atoms with E-state index in [9.17, 15) is 18.0 Å². The fourth-order valence-corrected chi connectivity index (χ4v) is 6.17. The zero-order valence-electron chi connectivity index (χ0n) is 19.7. The largest absolute Gasteiger partial charge is 0.378 e. The van der Waals surface area contributed by atoms with E-state index >= 15 is 0 Å². The molecule has 0 radical (unpaired) electrons. The number of carbonyl (C=O) groups excluding carboxylic acids is 2. The number of ether oxygens (including phenoxy) is 1. The Balaban J connectivity index is 1.56. The molecule has 0 saturated carbocycles. The first-order valence-electron chi connectivity index (χ1n) is 11.7. The van der Waals surface area contributed by atoms with Crippen LogP contribution in [0.3, 0.4) is 0 Å². The highest BCUT2D eigenvalue weighted by Gasteiger charge is 2.28. The van der Waals surface area contributed by atoms with Crippen molar-refractivity contribution in [2.45, 2.75) is 38.0 Å². The maximum atomic E-state index is 13.2. The molecule has 2 amide bonds. The molecule has 2 heterocycles. The molecule has 0 atom stereocenters. The van der Waals surface area contributed by atoms with Crippen molar-refractivity contribution in [3.8, 4) is 0 Å². The van der Waals surface area contributed by atoms with Crippen LogP contribution in [0, 0.1) is 13.8 Å². The summed E-state index contributed by atoms with van der Waals surface area (Å²) in [5.41, 5.74) is 2.57. The van der Waals surface area contributed by atoms with Gasteiger partial charge in [0, 0.05) is 43.0 Å². The summed E-state index contributed by atoms with van der Waals surface area (Å²) >= 11 is 0. The summed E-state index contributed by atoms with van der Waals surface area (Å²) in [5.74, 6) is -0.517. The van der Waals surface area contributed by atoms with E-state index < -0.39 is 15.9 Å². The third-order valence-electron chi connectivity index (χ3n) is 6.49. The van der Waals surface area contributed by atoms with E-state index in [1.807, 2.05) is 0 Å². The van der Waals surface area contributed by atoms with Gasteiger partial charge >= 0.3 is 0 Å². The van der Waals surface area contributed by atoms with Crippen molar-refractivity contribution in [3.63, 3.8) is 0 Å². The highest BCUT2D eigenvalue weighted by Crippen LogP contribution is 2.26. The molecular formula is C25H31N3O5S. The highest BCUT2D eigenvalue weighted by molar-refractivity contribution is 7.89. The normalized spacial score (nSPS) is 17.4. The van der Waals surface area contributed by atoms with E-state index in [1.165, 1.54) is 10.4 Å². The Morgan fingerprint density at radius 2 is 1.65 bits per heavy atom. The van der Waals surface area contributed by atoms with Crippen LogP contribution in [0.4, 0.5) is 5.69 Å². The number of rotatable bonds is 5. The van der Waals surface area contributed by atoms with Crippen molar-refractivity contribution in [1.82, 2.24) is 9.21 Å². The van der Waals surface area contributed by atoms with Gasteiger partial charge in [0.15, 0.2) is 0 Å². The summed E-state index contributed by atoms with van der Waals surface area (Å²) in [6, 6.07) is 9.96. The second kappa shape index (κ2) is 10.2. The molecule has 182 valence electrons. The first-order chi connectivity index (χ1) is 16.3. The minimum Gasteiger partial charge on any atom is -0.378 e. The smallest absolute Gasteiger partial charge is 0.255 e. The first kappa shape index (κ1) is 24.4. The lowest BCUT2D eigenvalue weighted by atomic mass is 10.0. The number of carbonyl (C=O) groups is 2. The van der Waals surface area contributed by atoms with E-state index in [4.69, 9.17) is 4.74 Å². The van der Waals surface area contributed by atoms with Crippen molar-refractivity contribution in [3.05, 3.63) is 58.7 Å². The number of morpholine rings is 1. The lowest BCUT2D eigenvalue weighted by molar-refractivity contribution is 0.0302. The van der Waals surface area contributed by atoms with Gasteiger partial charge in [0.05, 0.1) is 18.1 Å². The second-order valence-electron chi connectivity index (χ2n) is 8.78. The average molecular weight is 486 g/mol. The van der Waals surface area contributed by atoms with Gasteiger partial charge in [-0.1, -0.05) is 18.6 Å². The van der Waals surface area contributed by atoms with Crippen LogP contribution in [0.15, 0.2) is 41.3 Å². The van der Waals surface area contributed by atoms with Crippen molar-refractivity contribution in [2.75, 3.05) is 44.7 Å². The molecule has 4 rings (SSSR count). The standard InChI is InChI=1S/C25H31N3O5S/c1-18-9-10-20(17-23(18)34(31,32)28-11-4-3-5-12-28)24(29)26-22-8-6-7-21(19(22)2)25(30)27-13-15-33-16-14-27/h6-10,17H,3-5,11-16H2,1-2H3,(H,26,29). The molecule has 0 aromatic heterocycles. The Morgan fingerprint density at radius 1 is 0.941 bits per heavy atom. The summed E-state index contributed by atoms with van der Waals surface area (Å²) in [6.45, 7) is 6.63. The van der Waals surface area contributed by atoms with Gasteiger partial charge in [-0.25, -0.2) is 8.42 Å². The monoisotopic (exact) mass is 485 g/mol. The van der Waals surface area contributed by atoms with Crippen molar-refractivity contribution in [1.29, 1.82) is 0 Å². The maximum Gasteiger partial charge on any atom is 0.255 e. The molecule has 0 unspecified atom stereocenters. The summed E-state index contributed by atoms with van der Waals surface area (Å²) in [7, 11) is -3.67. The van der Waals surface area contributed by atoms with E-state index in [-0.39, 0.29) is 16.4 Å². The molecule has 2 aromatic rings. The van der Waals surface area contributed by atoms with Crippen molar-refractivity contribution >= 4 is 27.5 Å². The topological polar surface area (TPSA) is 96.0 Å². The molecule has 0 bridgehead atoms. The quantitative estimate of drug-likeness (QED) is 0.702. The number of anilines is 1. The number of sulfonamides is 1. The number of piperidine rings is 1. The zero-order chi connectivity index (χ0) is 24.3. The van der Waals surface area contributed by atoms with Gasteiger partial charge in [-0.2, -0.15) is 4.31 Å². The van der Waals surface area contributed by atoms with Gasteiger partial charge in [0.25, 0.3) is 11.8 Å². The van der Waals surface area contributed by atoms with Crippen molar-refractivity contribution in [2.24, 2.45) is 0 Å². The van der Waals surface area contributed by atoms with E-state index in [0.717, 1.165) is 19.3 Å². The lowest BCUT2D eigenvalue weighted by Crippen LogP contribution is -2.41. The van der Waals surface area contributed by atoms with Gasteiger partial charge in [-0.3, -0.25) is 9.59 Å². The number of benzene rings is 2. The Hall–Kier alpha value is -2.75. The van der Waals surface area contributed by atoms with E-state index in [2.05, 4.69) is 5.32 Å². The molecule has 0 spiro atoms. The zero-order valence-corrected chi connectivity index (χ0v) is 20.5. The second-order valence-corrected chi connectivity index (χ2v) is 10.7.